The minimum Gasteiger partial charge on any atom is -0.394 e. The van der Waals surface area contributed by atoms with Crippen LogP contribution in [0.2, 0.25) is 0 Å². The number of aromatic nitrogens is 2. The van der Waals surface area contributed by atoms with Crippen molar-refractivity contribution in [2.45, 2.75) is 19.9 Å². The van der Waals surface area contributed by atoms with Gasteiger partial charge in [0, 0.05) is 6.54 Å². The summed E-state index contributed by atoms with van der Waals surface area (Å²) in [6.45, 7) is 6.00. The lowest BCUT2D eigenvalue weighted by Gasteiger charge is -2.36. The molecule has 1 aromatic rings. The van der Waals surface area contributed by atoms with E-state index in [1.54, 1.807) is 0 Å². The molecular weight excluding hydrogens is 206 g/mol. The van der Waals surface area contributed by atoms with Crippen molar-refractivity contribution < 1.29 is 9.84 Å². The minimum absolute atomic E-state index is 0.0241. The molecule has 5 heteroatoms. The van der Waals surface area contributed by atoms with Gasteiger partial charge in [-0.2, -0.15) is 10.2 Å². The van der Waals surface area contributed by atoms with Crippen molar-refractivity contribution in [2.75, 3.05) is 31.3 Å². The van der Waals surface area contributed by atoms with Gasteiger partial charge in [-0.3, -0.25) is 0 Å². The molecule has 0 radical (unpaired) electrons. The maximum absolute atomic E-state index is 9.33. The van der Waals surface area contributed by atoms with E-state index in [4.69, 9.17) is 4.74 Å². The summed E-state index contributed by atoms with van der Waals surface area (Å²) in [5.74, 6) is 0. The summed E-state index contributed by atoms with van der Waals surface area (Å²) in [5.41, 5.74) is 2.84. The lowest BCUT2D eigenvalue weighted by molar-refractivity contribution is 0.0726. The third kappa shape index (κ3) is 2.15. The zero-order valence-electron chi connectivity index (χ0n) is 9.68. The van der Waals surface area contributed by atoms with E-state index < -0.39 is 0 Å². The van der Waals surface area contributed by atoms with Crippen LogP contribution in [-0.2, 0) is 4.74 Å². The SMILES string of the molecule is Cc1cc(N2CCOCC2CO)c(C)nn1. The molecule has 16 heavy (non-hydrogen) atoms. The van der Waals surface area contributed by atoms with Gasteiger partial charge in [0.15, 0.2) is 0 Å². The maximum Gasteiger partial charge on any atom is 0.0833 e. The summed E-state index contributed by atoms with van der Waals surface area (Å²) in [7, 11) is 0. The zero-order valence-corrected chi connectivity index (χ0v) is 9.68. The molecule has 2 heterocycles. The number of anilines is 1. The molecule has 1 saturated heterocycles. The van der Waals surface area contributed by atoms with Crippen LogP contribution in [0, 0.1) is 13.8 Å². The predicted octanol–water partition coefficient (Wildman–Crippen LogP) is 0.291. The number of nitrogens with zero attached hydrogens (tertiary/aromatic N) is 3. The molecule has 5 nitrogen and oxygen atoms in total. The Labute approximate surface area is 95.1 Å². The van der Waals surface area contributed by atoms with Crippen LogP contribution in [-0.4, -0.2) is 47.7 Å². The second kappa shape index (κ2) is 4.76. The highest BCUT2D eigenvalue weighted by atomic mass is 16.5. The van der Waals surface area contributed by atoms with Gasteiger partial charge in [0.2, 0.25) is 0 Å². The monoisotopic (exact) mass is 223 g/mol. The van der Waals surface area contributed by atoms with Crippen LogP contribution in [0.5, 0.6) is 0 Å². The standard InChI is InChI=1S/C11H17N3O2/c1-8-5-11(9(2)13-12-8)14-3-4-16-7-10(14)6-15/h5,10,15H,3-4,6-7H2,1-2H3. The Morgan fingerprint density at radius 3 is 3.06 bits per heavy atom. The number of aliphatic hydroxyl groups is 1. The number of aliphatic hydroxyl groups excluding tert-OH is 1. The maximum atomic E-state index is 9.33. The topological polar surface area (TPSA) is 58.5 Å². The molecule has 0 aliphatic carbocycles. The normalized spacial score (nSPS) is 21.2. The molecule has 1 aromatic heterocycles. The first-order valence-electron chi connectivity index (χ1n) is 5.48. The number of hydrogen-bond donors (Lipinski definition) is 1. The molecular formula is C11H17N3O2. The Morgan fingerprint density at radius 1 is 1.50 bits per heavy atom. The molecule has 88 valence electrons. The Morgan fingerprint density at radius 2 is 2.31 bits per heavy atom. The molecule has 1 atom stereocenters. The van der Waals surface area contributed by atoms with Crippen molar-refractivity contribution in [2.24, 2.45) is 0 Å². The summed E-state index contributed by atoms with van der Waals surface area (Å²) in [4.78, 5) is 2.15. The fraction of sp³-hybridized carbons (Fsp3) is 0.636. The van der Waals surface area contributed by atoms with Gasteiger partial charge >= 0.3 is 0 Å². The highest BCUT2D eigenvalue weighted by molar-refractivity contribution is 5.51. The highest BCUT2D eigenvalue weighted by Crippen LogP contribution is 2.22. The summed E-state index contributed by atoms with van der Waals surface area (Å²) in [5, 5.41) is 17.4. The van der Waals surface area contributed by atoms with Gasteiger partial charge in [0.05, 0.1) is 42.9 Å². The van der Waals surface area contributed by atoms with Gasteiger partial charge in [0.1, 0.15) is 0 Å². The number of rotatable bonds is 2. The van der Waals surface area contributed by atoms with Gasteiger partial charge in [-0.15, -0.1) is 0 Å². The highest BCUT2D eigenvalue weighted by Gasteiger charge is 2.24. The Balaban J connectivity index is 2.30. The number of aryl methyl sites for hydroxylation is 2. The molecule has 1 unspecified atom stereocenters. The first-order valence-corrected chi connectivity index (χ1v) is 5.48. The van der Waals surface area contributed by atoms with E-state index in [0.29, 0.717) is 13.2 Å². The van der Waals surface area contributed by atoms with Gasteiger partial charge in [0.25, 0.3) is 0 Å². The van der Waals surface area contributed by atoms with Crippen LogP contribution in [0.1, 0.15) is 11.4 Å². The second-order valence-corrected chi connectivity index (χ2v) is 4.06. The van der Waals surface area contributed by atoms with Crippen LogP contribution in [0.15, 0.2) is 6.07 Å². The molecule has 0 bridgehead atoms. The fourth-order valence-corrected chi connectivity index (χ4v) is 1.95. The molecule has 1 aliphatic heterocycles. The molecule has 1 fully saturated rings. The van der Waals surface area contributed by atoms with Crippen molar-refractivity contribution in [3.63, 3.8) is 0 Å². The minimum atomic E-state index is 0.0241. The Bertz CT molecular complexity index is 370. The van der Waals surface area contributed by atoms with Crippen LogP contribution in [0.4, 0.5) is 5.69 Å². The van der Waals surface area contributed by atoms with Gasteiger partial charge in [-0.1, -0.05) is 0 Å². The predicted molar refractivity (Wildman–Crippen MR) is 60.5 cm³/mol. The number of morpholine rings is 1. The van der Waals surface area contributed by atoms with Crippen molar-refractivity contribution in [3.05, 3.63) is 17.5 Å². The lowest BCUT2D eigenvalue weighted by atomic mass is 10.2. The number of ether oxygens (including phenoxy) is 1. The van der Waals surface area contributed by atoms with Crippen LogP contribution in [0.25, 0.3) is 0 Å². The first kappa shape index (κ1) is 11.3. The summed E-state index contributed by atoms with van der Waals surface area (Å²) in [6, 6.07) is 2.03. The zero-order chi connectivity index (χ0) is 11.5. The first-order chi connectivity index (χ1) is 7.72. The summed E-state index contributed by atoms with van der Waals surface area (Å²) in [6.07, 6.45) is 0. The summed E-state index contributed by atoms with van der Waals surface area (Å²) >= 11 is 0. The third-order valence-corrected chi connectivity index (χ3v) is 2.82. The largest absolute Gasteiger partial charge is 0.394 e. The second-order valence-electron chi connectivity index (χ2n) is 4.06. The molecule has 1 N–H and O–H groups in total. The molecule has 1 aliphatic rings. The summed E-state index contributed by atoms with van der Waals surface area (Å²) < 4.78 is 5.36. The van der Waals surface area contributed by atoms with Crippen LogP contribution in [0.3, 0.4) is 0 Å². The smallest absolute Gasteiger partial charge is 0.0833 e. The lowest BCUT2D eigenvalue weighted by Crippen LogP contribution is -2.48. The van der Waals surface area contributed by atoms with E-state index in [1.165, 1.54) is 0 Å². The van der Waals surface area contributed by atoms with Gasteiger partial charge < -0.3 is 14.7 Å². The van der Waals surface area contributed by atoms with Crippen LogP contribution < -0.4 is 4.90 Å². The molecule has 0 amide bonds. The number of hydrogen-bond acceptors (Lipinski definition) is 5. The van der Waals surface area contributed by atoms with E-state index in [-0.39, 0.29) is 12.6 Å². The quantitative estimate of drug-likeness (QED) is 0.781. The van der Waals surface area contributed by atoms with Gasteiger partial charge in [-0.25, -0.2) is 0 Å². The average Bonchev–Trinajstić information content (AvgIpc) is 2.32. The van der Waals surface area contributed by atoms with Crippen molar-refractivity contribution in [1.82, 2.24) is 10.2 Å². The molecule has 0 saturated carbocycles. The van der Waals surface area contributed by atoms with Crippen molar-refractivity contribution in [3.8, 4) is 0 Å². The van der Waals surface area contributed by atoms with E-state index in [1.807, 2.05) is 19.9 Å². The third-order valence-electron chi connectivity index (χ3n) is 2.82. The van der Waals surface area contributed by atoms with E-state index >= 15 is 0 Å². The Hall–Kier alpha value is -1.20. The van der Waals surface area contributed by atoms with E-state index in [2.05, 4.69) is 15.1 Å². The van der Waals surface area contributed by atoms with E-state index in [9.17, 15) is 5.11 Å². The van der Waals surface area contributed by atoms with Crippen molar-refractivity contribution >= 4 is 5.69 Å². The Kier molecular flexibility index (Phi) is 3.36. The average molecular weight is 223 g/mol. The fourth-order valence-electron chi connectivity index (χ4n) is 1.95. The molecule has 2 rings (SSSR count). The van der Waals surface area contributed by atoms with E-state index in [0.717, 1.165) is 23.6 Å². The van der Waals surface area contributed by atoms with Crippen LogP contribution >= 0.6 is 0 Å². The molecule has 0 spiro atoms. The van der Waals surface area contributed by atoms with Gasteiger partial charge in [-0.05, 0) is 19.9 Å². The van der Waals surface area contributed by atoms with Crippen molar-refractivity contribution in [1.29, 1.82) is 0 Å². The molecule has 0 aromatic carbocycles.